The van der Waals surface area contributed by atoms with E-state index in [1.807, 2.05) is 0 Å². The Balaban J connectivity index is 1.30. The maximum atomic E-state index is 13.0. The van der Waals surface area contributed by atoms with E-state index in [0.717, 1.165) is 37.2 Å². The Morgan fingerprint density at radius 3 is 2.74 bits per heavy atom. The number of hydrogen-bond donors (Lipinski definition) is 1. The van der Waals surface area contributed by atoms with Gasteiger partial charge in [-0.1, -0.05) is 24.3 Å². The van der Waals surface area contributed by atoms with Crippen molar-refractivity contribution < 1.29 is 13.9 Å². The molecule has 0 bridgehead atoms. The second kappa shape index (κ2) is 9.59. The molecule has 0 saturated carbocycles. The number of benzene rings is 2. The number of nitrogens with one attached hydrogen (secondary N) is 1. The largest absolute Gasteiger partial charge is 0.488 e. The van der Waals surface area contributed by atoms with Crippen molar-refractivity contribution in [3.63, 3.8) is 0 Å². The highest BCUT2D eigenvalue weighted by Crippen LogP contribution is 2.19. The molecule has 31 heavy (non-hydrogen) atoms. The lowest BCUT2D eigenvalue weighted by Gasteiger charge is -2.12. The molecule has 8 heteroatoms. The number of nitrogens with zero attached hydrogens (tertiary/aromatic N) is 3. The van der Waals surface area contributed by atoms with E-state index in [1.54, 1.807) is 41.0 Å². The fourth-order valence-electron chi connectivity index (χ4n) is 3.64. The van der Waals surface area contributed by atoms with Crippen molar-refractivity contribution in [3.05, 3.63) is 81.8 Å². The molecule has 4 rings (SSSR count). The highest BCUT2D eigenvalue weighted by atomic mass is 19.1. The molecule has 1 amide bonds. The average molecular weight is 424 g/mol. The van der Waals surface area contributed by atoms with E-state index >= 15 is 0 Å². The van der Waals surface area contributed by atoms with Gasteiger partial charge in [0, 0.05) is 26.1 Å². The van der Waals surface area contributed by atoms with Gasteiger partial charge in [0.25, 0.3) is 5.91 Å². The van der Waals surface area contributed by atoms with Crippen LogP contribution in [0.5, 0.6) is 5.75 Å². The number of fused-ring (bicyclic) bond motifs is 1. The summed E-state index contributed by atoms with van der Waals surface area (Å²) in [6.07, 6.45) is 3.51. The molecule has 2 heterocycles. The summed E-state index contributed by atoms with van der Waals surface area (Å²) in [5, 5.41) is 7.29. The smallest absolute Gasteiger partial charge is 0.345 e. The number of amides is 1. The Hall–Kier alpha value is -3.42. The maximum Gasteiger partial charge on any atom is 0.345 e. The van der Waals surface area contributed by atoms with Crippen molar-refractivity contribution in [1.29, 1.82) is 0 Å². The molecule has 3 aromatic rings. The lowest BCUT2D eigenvalue weighted by atomic mass is 10.2. The Bertz CT molecular complexity index is 1100. The number of halogens is 1. The lowest BCUT2D eigenvalue weighted by molar-refractivity contribution is 0.0948. The second-order valence-corrected chi connectivity index (χ2v) is 7.55. The molecule has 2 aromatic carbocycles. The number of ether oxygens (including phenoxy) is 1. The SMILES string of the molecule is O=C(NCCCn1nc2n(c1=O)CCCC2)c1ccccc1OCc1ccc(F)cc1. The fraction of sp³-hybridized carbons (Fsp3) is 0.348. The first-order valence-electron chi connectivity index (χ1n) is 10.5. The molecule has 0 radical (unpaired) electrons. The van der Waals surface area contributed by atoms with E-state index in [1.165, 1.54) is 16.8 Å². The van der Waals surface area contributed by atoms with Crippen molar-refractivity contribution in [3.8, 4) is 5.75 Å². The summed E-state index contributed by atoms with van der Waals surface area (Å²) in [5.74, 6) is 0.766. The van der Waals surface area contributed by atoms with Crippen molar-refractivity contribution in [2.45, 2.75) is 45.4 Å². The number of aryl methyl sites for hydroxylation is 2. The van der Waals surface area contributed by atoms with Crippen LogP contribution >= 0.6 is 0 Å². The first-order chi connectivity index (χ1) is 15.1. The van der Waals surface area contributed by atoms with Crippen LogP contribution in [-0.4, -0.2) is 26.8 Å². The van der Waals surface area contributed by atoms with Gasteiger partial charge in [-0.25, -0.2) is 13.9 Å². The number of aromatic nitrogens is 3. The minimum absolute atomic E-state index is 0.0689. The third-order valence-corrected chi connectivity index (χ3v) is 5.30. The molecule has 1 N–H and O–H groups in total. The van der Waals surface area contributed by atoms with Gasteiger partial charge in [0.2, 0.25) is 0 Å². The van der Waals surface area contributed by atoms with E-state index in [0.29, 0.717) is 30.8 Å². The zero-order valence-electron chi connectivity index (χ0n) is 17.2. The van der Waals surface area contributed by atoms with Crippen LogP contribution in [0.1, 0.15) is 41.0 Å². The highest BCUT2D eigenvalue weighted by Gasteiger charge is 2.16. The predicted octanol–water partition coefficient (Wildman–Crippen LogP) is 2.92. The van der Waals surface area contributed by atoms with Gasteiger partial charge in [0.15, 0.2) is 0 Å². The Morgan fingerprint density at radius 1 is 1.13 bits per heavy atom. The van der Waals surface area contributed by atoms with Gasteiger partial charge < -0.3 is 10.1 Å². The summed E-state index contributed by atoms with van der Waals surface area (Å²) >= 11 is 0. The normalized spacial score (nSPS) is 12.9. The molecule has 1 aliphatic heterocycles. The molecule has 1 aliphatic rings. The van der Waals surface area contributed by atoms with Crippen molar-refractivity contribution >= 4 is 5.91 Å². The molecular weight excluding hydrogens is 399 g/mol. The lowest BCUT2D eigenvalue weighted by Crippen LogP contribution is -2.29. The van der Waals surface area contributed by atoms with Crippen molar-refractivity contribution in [2.24, 2.45) is 0 Å². The molecule has 1 aromatic heterocycles. The molecule has 162 valence electrons. The molecule has 0 unspecified atom stereocenters. The first kappa shape index (κ1) is 20.8. The van der Waals surface area contributed by atoms with E-state index in [4.69, 9.17) is 4.74 Å². The van der Waals surface area contributed by atoms with Crippen LogP contribution in [0.3, 0.4) is 0 Å². The van der Waals surface area contributed by atoms with Gasteiger partial charge in [-0.05, 0) is 49.1 Å². The van der Waals surface area contributed by atoms with Gasteiger partial charge in [-0.2, -0.15) is 5.10 Å². The number of rotatable bonds is 8. The molecule has 0 fully saturated rings. The summed E-state index contributed by atoms with van der Waals surface area (Å²) in [5.41, 5.74) is 1.17. The second-order valence-electron chi connectivity index (χ2n) is 7.55. The van der Waals surface area contributed by atoms with Crippen LogP contribution in [-0.2, 0) is 26.1 Å². The molecule has 0 spiro atoms. The standard InChI is InChI=1S/C23H25FN4O3/c24-18-11-9-17(10-12-18)16-31-20-7-2-1-6-19(20)22(29)25-13-5-15-28-23(30)27-14-4-3-8-21(27)26-28/h1-2,6-7,9-12H,3-5,8,13-16H2,(H,25,29). The van der Waals surface area contributed by atoms with Gasteiger partial charge in [-0.3, -0.25) is 9.36 Å². The van der Waals surface area contributed by atoms with Crippen molar-refractivity contribution in [1.82, 2.24) is 19.7 Å². The Labute approximate surface area is 179 Å². The van der Waals surface area contributed by atoms with Crippen LogP contribution < -0.4 is 15.7 Å². The Morgan fingerprint density at radius 2 is 1.94 bits per heavy atom. The summed E-state index contributed by atoms with van der Waals surface area (Å²) in [7, 11) is 0. The van der Waals surface area contributed by atoms with Crippen LogP contribution in [0.2, 0.25) is 0 Å². The van der Waals surface area contributed by atoms with Crippen LogP contribution in [0.4, 0.5) is 4.39 Å². The number of hydrogen-bond acceptors (Lipinski definition) is 4. The van der Waals surface area contributed by atoms with Crippen LogP contribution in [0, 0.1) is 5.82 Å². The number of carbonyl (C=O) groups excluding carboxylic acids is 1. The van der Waals surface area contributed by atoms with Gasteiger partial charge in [0.05, 0.1) is 5.56 Å². The number of para-hydroxylation sites is 1. The Kier molecular flexibility index (Phi) is 6.45. The fourth-order valence-corrected chi connectivity index (χ4v) is 3.64. The summed E-state index contributed by atoms with van der Waals surface area (Å²) in [4.78, 5) is 25.0. The quantitative estimate of drug-likeness (QED) is 0.564. The summed E-state index contributed by atoms with van der Waals surface area (Å²) < 4.78 is 22.1. The minimum atomic E-state index is -0.304. The summed E-state index contributed by atoms with van der Waals surface area (Å²) in [6, 6.07) is 13.0. The zero-order valence-corrected chi connectivity index (χ0v) is 17.2. The van der Waals surface area contributed by atoms with E-state index < -0.39 is 0 Å². The zero-order chi connectivity index (χ0) is 21.6. The first-order valence-corrected chi connectivity index (χ1v) is 10.5. The average Bonchev–Trinajstić information content (AvgIpc) is 3.12. The molecule has 0 atom stereocenters. The van der Waals surface area contributed by atoms with Crippen LogP contribution in [0.15, 0.2) is 53.3 Å². The van der Waals surface area contributed by atoms with Crippen molar-refractivity contribution in [2.75, 3.05) is 6.54 Å². The van der Waals surface area contributed by atoms with E-state index in [9.17, 15) is 14.0 Å². The summed E-state index contributed by atoms with van der Waals surface area (Å²) in [6.45, 7) is 1.85. The molecule has 7 nitrogen and oxygen atoms in total. The topological polar surface area (TPSA) is 78.2 Å². The monoisotopic (exact) mass is 424 g/mol. The molecule has 0 aliphatic carbocycles. The van der Waals surface area contributed by atoms with Gasteiger partial charge in [0.1, 0.15) is 24.0 Å². The van der Waals surface area contributed by atoms with Crippen LogP contribution in [0.25, 0.3) is 0 Å². The minimum Gasteiger partial charge on any atom is -0.488 e. The third-order valence-electron chi connectivity index (χ3n) is 5.30. The van der Waals surface area contributed by atoms with E-state index in [2.05, 4.69) is 10.4 Å². The molecular formula is C23H25FN4O3. The van der Waals surface area contributed by atoms with Gasteiger partial charge >= 0.3 is 5.69 Å². The molecule has 0 saturated heterocycles. The van der Waals surface area contributed by atoms with E-state index in [-0.39, 0.29) is 24.0 Å². The highest BCUT2D eigenvalue weighted by molar-refractivity contribution is 5.96. The van der Waals surface area contributed by atoms with Gasteiger partial charge in [-0.15, -0.1) is 0 Å². The third kappa shape index (κ3) is 5.02. The number of carbonyl (C=O) groups is 1. The maximum absolute atomic E-state index is 13.0. The predicted molar refractivity (Wildman–Crippen MR) is 114 cm³/mol.